The van der Waals surface area contributed by atoms with Gasteiger partial charge in [-0.15, -0.1) is 0 Å². The first kappa shape index (κ1) is 53.1. The van der Waals surface area contributed by atoms with E-state index in [-0.39, 0.29) is 28.9 Å². The van der Waals surface area contributed by atoms with Gasteiger partial charge in [0.15, 0.2) is 0 Å². The molecule has 10 aromatic rings. The van der Waals surface area contributed by atoms with Crippen molar-refractivity contribution >= 4 is 68.1 Å². The highest BCUT2D eigenvalue weighted by Gasteiger charge is 2.52. The van der Waals surface area contributed by atoms with Crippen molar-refractivity contribution in [3.8, 4) is 34.6 Å². The summed E-state index contributed by atoms with van der Waals surface area (Å²) in [7, 11) is 3.42. The van der Waals surface area contributed by atoms with Gasteiger partial charge in [0.25, 0.3) is 11.1 Å². The summed E-state index contributed by atoms with van der Waals surface area (Å²) in [4.78, 5) is 36.4. The highest BCUT2D eigenvalue weighted by molar-refractivity contribution is 6.62. The highest BCUT2D eigenvalue weighted by Crippen LogP contribution is 2.42. The van der Waals surface area contributed by atoms with E-state index < -0.39 is 5.56 Å². The summed E-state index contributed by atoms with van der Waals surface area (Å²) in [5.41, 5.74) is 11.3. The van der Waals surface area contributed by atoms with Crippen LogP contribution in [0, 0.1) is 48.3 Å². The Labute approximate surface area is 478 Å². The van der Waals surface area contributed by atoms with Crippen molar-refractivity contribution in [1.82, 2.24) is 58.2 Å². The second-order valence-electron chi connectivity index (χ2n) is 24.0. The lowest BCUT2D eigenvalue weighted by molar-refractivity contribution is 0.00578. The van der Waals surface area contributed by atoms with E-state index in [2.05, 4.69) is 76.8 Å². The van der Waals surface area contributed by atoms with E-state index in [1.54, 1.807) is 15.4 Å². The van der Waals surface area contributed by atoms with Crippen molar-refractivity contribution in [2.45, 2.75) is 129 Å². The first-order valence-corrected chi connectivity index (χ1v) is 28.7. The summed E-state index contributed by atoms with van der Waals surface area (Å²) >= 11 is 6.53. The van der Waals surface area contributed by atoms with E-state index in [1.807, 2.05) is 99.8 Å². The van der Waals surface area contributed by atoms with Gasteiger partial charge in [-0.05, 0) is 153 Å². The number of fused-ring (bicyclic) bond motifs is 4. The van der Waals surface area contributed by atoms with E-state index >= 15 is 0 Å². The molecule has 0 bridgehead atoms. The number of halogens is 1. The molecule has 414 valence electrons. The maximum absolute atomic E-state index is 14.2. The van der Waals surface area contributed by atoms with Crippen LogP contribution in [0.15, 0.2) is 95.0 Å². The van der Waals surface area contributed by atoms with Crippen molar-refractivity contribution in [1.29, 1.82) is 10.5 Å². The highest BCUT2D eigenvalue weighted by atomic mass is 35.5. The number of hydrogen-bond acceptors (Lipinski definition) is 12. The smallest absolute Gasteiger partial charge is 0.399 e. The van der Waals surface area contributed by atoms with Gasteiger partial charge in [-0.2, -0.15) is 40.3 Å². The Morgan fingerprint density at radius 2 is 1.10 bits per heavy atom. The van der Waals surface area contributed by atoms with Crippen molar-refractivity contribution in [3.05, 3.63) is 145 Å². The SMILES string of the molecule is CC1(C)OB(c2ccc(C3CC3)nc2)OC1(C)C.Cc1c(C#N)c2nn(-c3ccc4nn(C)cc4c3)c(=O)c(-c3ccc(C4CC4)nc3)c2n1CC1CC1.Cc1c(C#N)c2nn(-c3ccc4nn(C)cc4c3)c(=O)c(Cl)c2n1CC1CC1. The number of hydrogen-bond donors (Lipinski definition) is 0. The second kappa shape index (κ2) is 20.0. The van der Waals surface area contributed by atoms with E-state index in [4.69, 9.17) is 31.0 Å². The summed E-state index contributed by atoms with van der Waals surface area (Å²) in [6.07, 6.45) is 17.1. The molecule has 5 aliphatic rings. The first-order chi connectivity index (χ1) is 39.4. The molecule has 15 rings (SSSR count). The maximum atomic E-state index is 14.2. The molecule has 0 unspecified atom stereocenters. The van der Waals surface area contributed by atoms with Crippen LogP contribution in [-0.2, 0) is 36.5 Å². The van der Waals surface area contributed by atoms with E-state index in [9.17, 15) is 20.1 Å². The number of aromatic nitrogens is 12. The molecule has 8 aromatic heterocycles. The zero-order chi connectivity index (χ0) is 57.1. The lowest BCUT2D eigenvalue weighted by Gasteiger charge is -2.32. The van der Waals surface area contributed by atoms with Crippen molar-refractivity contribution in [2.24, 2.45) is 25.9 Å². The minimum Gasteiger partial charge on any atom is -0.399 e. The largest absolute Gasteiger partial charge is 0.496 e. The number of benzene rings is 2. The third kappa shape index (κ3) is 9.67. The third-order valence-electron chi connectivity index (χ3n) is 17.2. The Balaban J connectivity index is 0.000000122. The minimum absolute atomic E-state index is 0.0986. The third-order valence-corrected chi connectivity index (χ3v) is 17.6. The summed E-state index contributed by atoms with van der Waals surface area (Å²) in [6, 6.07) is 24.0. The molecular formula is C62H62BClN14O4. The molecule has 5 fully saturated rings. The zero-order valence-corrected chi connectivity index (χ0v) is 48.1. The molecular weight excluding hydrogens is 1050 g/mol. The van der Waals surface area contributed by atoms with Crippen LogP contribution in [0.3, 0.4) is 0 Å². The normalized spacial score (nSPS) is 17.2. The van der Waals surface area contributed by atoms with Crippen LogP contribution < -0.4 is 16.6 Å². The molecule has 1 saturated heterocycles. The van der Waals surface area contributed by atoms with Crippen LogP contribution in [0.2, 0.25) is 5.02 Å². The van der Waals surface area contributed by atoms with Crippen molar-refractivity contribution < 1.29 is 9.31 Å². The van der Waals surface area contributed by atoms with Crippen LogP contribution in [0.1, 0.15) is 125 Å². The van der Waals surface area contributed by atoms with E-state index in [0.717, 1.165) is 81.4 Å². The van der Waals surface area contributed by atoms with Gasteiger partial charge in [0.05, 0.1) is 50.2 Å². The maximum Gasteiger partial charge on any atom is 0.496 e. The van der Waals surface area contributed by atoms with Gasteiger partial charge in [-0.3, -0.25) is 28.9 Å². The fourth-order valence-electron chi connectivity index (χ4n) is 11.1. The monoisotopic (exact) mass is 1110 g/mol. The van der Waals surface area contributed by atoms with Crippen molar-refractivity contribution in [2.75, 3.05) is 0 Å². The molecule has 82 heavy (non-hydrogen) atoms. The minimum atomic E-state index is -0.392. The standard InChI is InChI=1S/C28H25N7O.C20H17ClN6O.C14H20BNO2/c1-16-22(12-29)26-27(34(16)14-17-3-4-17)25(19-7-9-23(30-13-19)18-5-6-18)28(36)35(32-26)21-8-10-24-20(11-21)15-33(2)31-24;1-11-15(8-22)18-19(26(11)9-12-3-4-12)17(21)20(28)27(24-18)14-5-6-16-13(7-14)10-25(2)23-16;1-13(2)14(3,4)18-15(17-13)11-7-8-12(16-9-11)10-5-6-10/h7-11,13,15,17-18H,3-6,14H2,1-2H3;5-7,10,12H,3-4,9H2,1-2H3;7-10H,5-6H2,1-4H3. The topological polar surface area (TPSA) is 207 Å². The molecule has 1 aliphatic heterocycles. The summed E-state index contributed by atoms with van der Waals surface area (Å²) in [5.74, 6) is 2.37. The van der Waals surface area contributed by atoms with Gasteiger partial charge >= 0.3 is 7.12 Å². The Morgan fingerprint density at radius 1 is 0.622 bits per heavy atom. The Kier molecular flexibility index (Phi) is 13.0. The van der Waals surface area contributed by atoms with Crippen molar-refractivity contribution in [3.63, 3.8) is 0 Å². The molecule has 4 aliphatic carbocycles. The molecule has 0 amide bonds. The summed E-state index contributed by atoms with van der Waals surface area (Å²) in [6.45, 7) is 13.7. The van der Waals surface area contributed by atoms with Crippen LogP contribution in [0.25, 0.3) is 66.4 Å². The molecule has 4 saturated carbocycles. The molecule has 9 heterocycles. The molecule has 20 heteroatoms. The predicted molar refractivity (Wildman–Crippen MR) is 316 cm³/mol. The first-order valence-electron chi connectivity index (χ1n) is 28.3. The van der Waals surface area contributed by atoms with Gasteiger partial charge in [-0.1, -0.05) is 23.7 Å². The number of nitriles is 2. The summed E-state index contributed by atoms with van der Waals surface area (Å²) in [5, 5.41) is 39.9. The predicted octanol–water partition coefficient (Wildman–Crippen LogP) is 10.2. The van der Waals surface area contributed by atoms with E-state index in [0.29, 0.717) is 68.3 Å². The molecule has 0 N–H and O–H groups in total. The Morgan fingerprint density at radius 3 is 1.55 bits per heavy atom. The average Bonchev–Trinajstić information content (AvgIpc) is 2.97. The second-order valence-corrected chi connectivity index (χ2v) is 24.4. The lowest BCUT2D eigenvalue weighted by Crippen LogP contribution is -2.41. The Hall–Kier alpha value is -8.23. The number of pyridine rings is 2. The van der Waals surface area contributed by atoms with Crippen LogP contribution in [0.5, 0.6) is 0 Å². The zero-order valence-electron chi connectivity index (χ0n) is 47.3. The lowest BCUT2D eigenvalue weighted by atomic mass is 9.80. The fourth-order valence-corrected chi connectivity index (χ4v) is 11.4. The van der Waals surface area contributed by atoms with Gasteiger partial charge in [-0.25, -0.2) is 0 Å². The van der Waals surface area contributed by atoms with E-state index in [1.165, 1.54) is 53.6 Å². The number of aryl methyl sites for hydroxylation is 2. The van der Waals surface area contributed by atoms with Gasteiger partial charge in [0.1, 0.15) is 39.3 Å². The van der Waals surface area contributed by atoms with Crippen LogP contribution in [-0.4, -0.2) is 76.5 Å². The average molecular weight is 1110 g/mol. The van der Waals surface area contributed by atoms with Gasteiger partial charge in [0.2, 0.25) is 0 Å². The number of rotatable bonds is 10. The molecule has 0 atom stereocenters. The quantitative estimate of drug-likeness (QED) is 0.117. The van der Waals surface area contributed by atoms with Gasteiger partial charge < -0.3 is 18.4 Å². The van der Waals surface area contributed by atoms with Crippen LogP contribution in [0.4, 0.5) is 0 Å². The molecule has 18 nitrogen and oxygen atoms in total. The van der Waals surface area contributed by atoms with Gasteiger partial charge in [0, 0.05) is 108 Å². The fraction of sp³-hybridized carbons (Fsp3) is 0.387. The van der Waals surface area contributed by atoms with Crippen LogP contribution >= 0.6 is 11.6 Å². The Bertz CT molecular complexity index is 4410. The molecule has 0 radical (unpaired) electrons. The number of nitrogens with zero attached hydrogens (tertiary/aromatic N) is 14. The molecule has 2 aromatic carbocycles. The molecule has 0 spiro atoms. The summed E-state index contributed by atoms with van der Waals surface area (Å²) < 4.78 is 22.3.